The van der Waals surface area contributed by atoms with Gasteiger partial charge >= 0.3 is 3.93 Å². The van der Waals surface area contributed by atoms with Crippen molar-refractivity contribution in [2.24, 2.45) is 5.92 Å². The van der Waals surface area contributed by atoms with Crippen LogP contribution in [0.3, 0.4) is 0 Å². The van der Waals surface area contributed by atoms with E-state index in [1.165, 1.54) is 6.07 Å². The molecule has 0 saturated carbocycles. The number of aromatic nitrogens is 1. The molecule has 0 aliphatic carbocycles. The fourth-order valence-corrected chi connectivity index (χ4v) is 2.85. The SMILES string of the molecule is C\C=C/C(=C\C(=C\CC)OCC(F)(F)I)C(C)NC(=O)c1cc(C)nc(NC(=O)C(C)C)c1. The summed E-state index contributed by atoms with van der Waals surface area (Å²) in [6, 6.07) is 2.70. The number of rotatable bonds is 11. The van der Waals surface area contributed by atoms with Crippen LogP contribution in [0.25, 0.3) is 0 Å². The zero-order valence-electron chi connectivity index (χ0n) is 19.8. The van der Waals surface area contributed by atoms with Gasteiger partial charge in [0.2, 0.25) is 5.91 Å². The third kappa shape index (κ3) is 10.9. The Bertz CT molecular complexity index is 922. The fraction of sp³-hybridized carbons (Fsp3) is 0.458. The molecule has 0 spiro atoms. The number of hydrogen-bond acceptors (Lipinski definition) is 4. The van der Waals surface area contributed by atoms with E-state index in [0.717, 1.165) is 22.6 Å². The zero-order chi connectivity index (χ0) is 25.2. The Balaban J connectivity index is 3.09. The second-order valence-corrected chi connectivity index (χ2v) is 9.36. The lowest BCUT2D eigenvalue weighted by molar-refractivity contribution is -0.118. The molecule has 1 unspecified atom stereocenters. The van der Waals surface area contributed by atoms with Gasteiger partial charge in [-0.25, -0.2) is 4.98 Å². The molecule has 0 radical (unpaired) electrons. The summed E-state index contributed by atoms with van der Waals surface area (Å²) in [4.78, 5) is 29.2. The van der Waals surface area contributed by atoms with Crippen molar-refractivity contribution < 1.29 is 23.1 Å². The number of nitrogens with one attached hydrogen (secondary N) is 2. The zero-order valence-corrected chi connectivity index (χ0v) is 22.0. The minimum Gasteiger partial charge on any atom is -0.487 e. The van der Waals surface area contributed by atoms with Gasteiger partial charge in [-0.3, -0.25) is 9.59 Å². The summed E-state index contributed by atoms with van der Waals surface area (Å²) in [5, 5.41) is 5.60. The van der Waals surface area contributed by atoms with Gasteiger partial charge in [-0.1, -0.05) is 32.9 Å². The maximum atomic E-state index is 13.2. The third-order valence-corrected chi connectivity index (χ3v) is 4.63. The number of anilines is 1. The Kier molecular flexibility index (Phi) is 11.7. The standard InChI is InChI=1S/C24H32F2IN3O3/c1-7-9-18(12-20(10-8-2)33-14-24(25,26)27)17(6)29-23(32)19-11-16(5)28-21(13-19)30-22(31)15(3)4/h7,9-13,15,17H,8,14H2,1-6H3,(H,29,32)(H,28,30,31)/b9-7-,18-12+,20-10-. The van der Waals surface area contributed by atoms with Gasteiger partial charge < -0.3 is 15.4 Å². The second kappa shape index (κ2) is 13.4. The molecule has 1 atom stereocenters. The van der Waals surface area contributed by atoms with Crippen molar-refractivity contribution >= 4 is 40.2 Å². The van der Waals surface area contributed by atoms with Crippen molar-refractivity contribution in [2.75, 3.05) is 11.9 Å². The molecule has 0 bridgehead atoms. The van der Waals surface area contributed by atoms with Crippen molar-refractivity contribution in [3.05, 3.63) is 59.0 Å². The van der Waals surface area contributed by atoms with Crippen LogP contribution in [0.4, 0.5) is 14.6 Å². The number of allylic oxidation sites excluding steroid dienone is 3. The molecule has 0 aliphatic rings. The summed E-state index contributed by atoms with van der Waals surface area (Å²) in [7, 11) is 0. The number of pyridine rings is 1. The molecule has 2 N–H and O–H groups in total. The number of nitrogens with zero attached hydrogens (tertiary/aromatic N) is 1. The summed E-state index contributed by atoms with van der Waals surface area (Å²) in [6.07, 6.45) is 7.52. The molecule has 0 aliphatic heterocycles. The van der Waals surface area contributed by atoms with Gasteiger partial charge in [0.1, 0.15) is 11.6 Å². The van der Waals surface area contributed by atoms with E-state index in [2.05, 4.69) is 15.6 Å². The average molecular weight is 575 g/mol. The highest BCUT2D eigenvalue weighted by atomic mass is 127. The number of amides is 2. The van der Waals surface area contributed by atoms with Crippen molar-refractivity contribution in [3.63, 3.8) is 0 Å². The van der Waals surface area contributed by atoms with E-state index < -0.39 is 16.6 Å². The first-order valence-electron chi connectivity index (χ1n) is 10.7. The molecule has 0 fully saturated rings. The highest BCUT2D eigenvalue weighted by Gasteiger charge is 2.25. The van der Waals surface area contributed by atoms with Gasteiger partial charge in [0.15, 0.2) is 6.61 Å². The summed E-state index contributed by atoms with van der Waals surface area (Å²) in [5.74, 6) is -0.168. The molecule has 1 aromatic rings. The third-order valence-electron chi connectivity index (χ3n) is 4.31. The Morgan fingerprint density at radius 3 is 2.48 bits per heavy atom. The van der Waals surface area contributed by atoms with Crippen LogP contribution >= 0.6 is 22.6 Å². The van der Waals surface area contributed by atoms with Gasteiger partial charge in [0, 0.05) is 39.8 Å². The van der Waals surface area contributed by atoms with E-state index >= 15 is 0 Å². The lowest BCUT2D eigenvalue weighted by atomic mass is 10.1. The normalized spacial score (nSPS) is 13.9. The molecule has 182 valence electrons. The molecule has 1 heterocycles. The highest BCUT2D eigenvalue weighted by molar-refractivity contribution is 14.1. The maximum Gasteiger partial charge on any atom is 0.329 e. The topological polar surface area (TPSA) is 80.3 Å². The van der Waals surface area contributed by atoms with Crippen molar-refractivity contribution in [1.82, 2.24) is 10.3 Å². The summed E-state index contributed by atoms with van der Waals surface area (Å²) < 4.78 is 28.8. The Morgan fingerprint density at radius 1 is 1.27 bits per heavy atom. The van der Waals surface area contributed by atoms with E-state index in [1.807, 2.05) is 13.8 Å². The number of carbonyl (C=O) groups excluding carboxylic acids is 2. The van der Waals surface area contributed by atoms with Crippen LogP contribution in [0.5, 0.6) is 0 Å². The number of halogens is 3. The summed E-state index contributed by atoms with van der Waals surface area (Å²) >= 11 is 1.03. The van der Waals surface area contributed by atoms with E-state index in [1.54, 1.807) is 58.1 Å². The van der Waals surface area contributed by atoms with E-state index in [4.69, 9.17) is 4.74 Å². The highest BCUT2D eigenvalue weighted by Crippen LogP contribution is 2.24. The van der Waals surface area contributed by atoms with Crippen molar-refractivity contribution in [1.29, 1.82) is 0 Å². The summed E-state index contributed by atoms with van der Waals surface area (Å²) in [6.45, 7) is 10.0. The Hall–Kier alpha value is -2.30. The van der Waals surface area contributed by atoms with E-state index in [0.29, 0.717) is 34.8 Å². The lowest BCUT2D eigenvalue weighted by Crippen LogP contribution is -2.34. The average Bonchev–Trinajstić information content (AvgIpc) is 2.70. The molecule has 1 aromatic heterocycles. The molecule has 1 rings (SSSR count). The quantitative estimate of drug-likeness (QED) is 0.148. The maximum absolute atomic E-state index is 13.2. The van der Waals surface area contributed by atoms with Crippen LogP contribution in [-0.2, 0) is 9.53 Å². The van der Waals surface area contributed by atoms with Gasteiger partial charge in [-0.2, -0.15) is 8.78 Å². The van der Waals surface area contributed by atoms with Crippen LogP contribution < -0.4 is 10.6 Å². The number of aryl methyl sites for hydroxylation is 1. The number of alkyl halides is 3. The Labute approximate surface area is 208 Å². The lowest BCUT2D eigenvalue weighted by Gasteiger charge is -2.18. The first-order valence-corrected chi connectivity index (χ1v) is 11.8. The van der Waals surface area contributed by atoms with Gasteiger partial charge in [0.25, 0.3) is 5.91 Å². The predicted octanol–water partition coefficient (Wildman–Crippen LogP) is 5.94. The van der Waals surface area contributed by atoms with Gasteiger partial charge in [-0.15, -0.1) is 0 Å². The fourth-order valence-electron chi connectivity index (χ4n) is 2.70. The molecule has 9 heteroatoms. The molecule has 2 amide bonds. The Morgan fingerprint density at radius 2 is 1.94 bits per heavy atom. The van der Waals surface area contributed by atoms with Crippen LogP contribution in [0, 0.1) is 12.8 Å². The smallest absolute Gasteiger partial charge is 0.329 e. The van der Waals surface area contributed by atoms with Crippen LogP contribution in [-0.4, -0.2) is 33.4 Å². The first kappa shape index (κ1) is 28.7. The largest absolute Gasteiger partial charge is 0.487 e. The minimum absolute atomic E-state index is 0.196. The molecule has 33 heavy (non-hydrogen) atoms. The van der Waals surface area contributed by atoms with Crippen LogP contribution in [0.2, 0.25) is 0 Å². The number of ether oxygens (including phenoxy) is 1. The number of hydrogen-bond donors (Lipinski definition) is 2. The van der Waals surface area contributed by atoms with Gasteiger partial charge in [-0.05, 0) is 57.0 Å². The van der Waals surface area contributed by atoms with E-state index in [-0.39, 0.29) is 17.7 Å². The van der Waals surface area contributed by atoms with Crippen LogP contribution in [0.1, 0.15) is 57.1 Å². The molecule has 0 aromatic carbocycles. The molecule has 0 saturated heterocycles. The summed E-state index contributed by atoms with van der Waals surface area (Å²) in [5.41, 5.74) is 1.61. The second-order valence-electron chi connectivity index (χ2n) is 7.78. The molecule has 6 nitrogen and oxygen atoms in total. The van der Waals surface area contributed by atoms with Crippen molar-refractivity contribution in [3.8, 4) is 0 Å². The van der Waals surface area contributed by atoms with Crippen LogP contribution in [0.15, 0.2) is 47.8 Å². The van der Waals surface area contributed by atoms with E-state index in [9.17, 15) is 18.4 Å². The van der Waals surface area contributed by atoms with Crippen molar-refractivity contribution in [2.45, 2.75) is 57.9 Å². The molecular formula is C24H32F2IN3O3. The monoisotopic (exact) mass is 575 g/mol. The predicted molar refractivity (Wildman–Crippen MR) is 136 cm³/mol. The first-order chi connectivity index (χ1) is 15.4. The van der Waals surface area contributed by atoms with Gasteiger partial charge in [0.05, 0.1) is 6.04 Å². The minimum atomic E-state index is -2.99. The molecular weight excluding hydrogens is 543 g/mol. The number of carbonyl (C=O) groups is 2.